The molecule has 0 radical (unpaired) electrons. The lowest BCUT2D eigenvalue weighted by Crippen LogP contribution is -2.57. The summed E-state index contributed by atoms with van der Waals surface area (Å²) in [7, 11) is 0. The summed E-state index contributed by atoms with van der Waals surface area (Å²) in [5.41, 5.74) is 0.537. The third-order valence-corrected chi connectivity index (χ3v) is 6.06. The lowest BCUT2D eigenvalue weighted by molar-refractivity contribution is -0.191. The van der Waals surface area contributed by atoms with Crippen LogP contribution in [0.1, 0.15) is 63.8 Å². The molecule has 0 aliphatic carbocycles. The van der Waals surface area contributed by atoms with Crippen LogP contribution >= 0.6 is 23.2 Å². The first-order valence-electron chi connectivity index (χ1n) is 11.3. The smallest absolute Gasteiger partial charge is 0.329 e. The van der Waals surface area contributed by atoms with Crippen LogP contribution in [0.2, 0.25) is 10.0 Å². The molecule has 1 aliphatic heterocycles. The molecule has 7 nitrogen and oxygen atoms in total. The van der Waals surface area contributed by atoms with Crippen LogP contribution in [0, 0.1) is 0 Å². The Hall–Kier alpha value is -2.61. The third-order valence-electron chi connectivity index (χ3n) is 5.58. The second kappa shape index (κ2) is 11.0. The zero-order valence-corrected chi connectivity index (χ0v) is 21.5. The van der Waals surface area contributed by atoms with Crippen molar-refractivity contribution < 1.29 is 29.0 Å². The number of nitrogens with zero attached hydrogens (tertiary/aromatic N) is 1. The molecular formula is C26H29Cl2NO6. The van der Waals surface area contributed by atoms with Crippen molar-refractivity contribution in [3.05, 3.63) is 69.7 Å². The second-order valence-electron chi connectivity index (χ2n) is 9.40. The highest BCUT2D eigenvalue weighted by Crippen LogP contribution is 2.44. The standard InChI is InChI=1S/C26H29Cl2NO6/c1-5-19(25(33)35-26(2,3)4)29-22(15-9-11-17(27)12-10-15)23(16-7-6-8-18(28)13-16)34-20(24(29)32)14-21(30)31/h6-13,19-20,22-23H,5,14H2,1-4H3,(H,30,31)/t19?,20-,22-,23-/m1/s1. The molecule has 1 fully saturated rings. The van der Waals surface area contributed by atoms with Crippen molar-refractivity contribution in [2.24, 2.45) is 0 Å². The van der Waals surface area contributed by atoms with E-state index >= 15 is 0 Å². The minimum Gasteiger partial charge on any atom is -0.481 e. The van der Waals surface area contributed by atoms with Crippen LogP contribution in [-0.2, 0) is 23.9 Å². The number of rotatable bonds is 7. The van der Waals surface area contributed by atoms with Gasteiger partial charge in [0.2, 0.25) is 0 Å². The summed E-state index contributed by atoms with van der Waals surface area (Å²) in [6, 6.07) is 12.1. The minimum absolute atomic E-state index is 0.257. The number of carboxylic acids is 1. The fourth-order valence-corrected chi connectivity index (χ4v) is 4.51. The van der Waals surface area contributed by atoms with E-state index in [-0.39, 0.29) is 6.42 Å². The van der Waals surface area contributed by atoms with E-state index < -0.39 is 54.2 Å². The lowest BCUT2D eigenvalue weighted by atomic mass is 9.89. The summed E-state index contributed by atoms with van der Waals surface area (Å²) in [5.74, 6) is -2.36. The molecule has 4 atom stereocenters. The molecule has 35 heavy (non-hydrogen) atoms. The SMILES string of the molecule is CCC(C(=O)OC(C)(C)C)N1C(=O)[C@@H](CC(=O)O)O[C@H](c2cccc(Cl)c2)[C@H]1c1ccc(Cl)cc1. The Bertz CT molecular complexity index is 1080. The first-order valence-corrected chi connectivity index (χ1v) is 12.1. The Morgan fingerprint density at radius 2 is 1.74 bits per heavy atom. The summed E-state index contributed by atoms with van der Waals surface area (Å²) in [6.45, 7) is 7.02. The van der Waals surface area contributed by atoms with E-state index in [2.05, 4.69) is 0 Å². The maximum Gasteiger partial charge on any atom is 0.329 e. The van der Waals surface area contributed by atoms with Crippen molar-refractivity contribution in [1.82, 2.24) is 4.90 Å². The molecule has 0 saturated carbocycles. The lowest BCUT2D eigenvalue weighted by Gasteiger charge is -2.47. The van der Waals surface area contributed by atoms with Crippen LogP contribution in [0.4, 0.5) is 0 Å². The minimum atomic E-state index is -1.29. The fourth-order valence-electron chi connectivity index (χ4n) is 4.19. The highest BCUT2D eigenvalue weighted by molar-refractivity contribution is 6.30. The summed E-state index contributed by atoms with van der Waals surface area (Å²) in [5, 5.41) is 10.4. The fraction of sp³-hybridized carbons (Fsp3) is 0.423. The molecule has 188 valence electrons. The first kappa shape index (κ1) is 27.0. The Balaban J connectivity index is 2.20. The number of hydrogen-bond donors (Lipinski definition) is 1. The van der Waals surface area contributed by atoms with Crippen LogP contribution in [0.15, 0.2) is 48.5 Å². The van der Waals surface area contributed by atoms with Gasteiger partial charge < -0.3 is 19.5 Å². The van der Waals surface area contributed by atoms with Gasteiger partial charge in [0.15, 0.2) is 0 Å². The summed E-state index contributed by atoms with van der Waals surface area (Å²) >= 11 is 12.4. The van der Waals surface area contributed by atoms with Crippen LogP contribution in [0.3, 0.4) is 0 Å². The number of halogens is 2. The number of hydrogen-bond acceptors (Lipinski definition) is 5. The van der Waals surface area contributed by atoms with E-state index in [1.807, 2.05) is 0 Å². The van der Waals surface area contributed by atoms with E-state index in [4.69, 9.17) is 32.7 Å². The number of amides is 1. The van der Waals surface area contributed by atoms with Gasteiger partial charge in [0, 0.05) is 10.0 Å². The molecular weight excluding hydrogens is 493 g/mol. The molecule has 9 heteroatoms. The average molecular weight is 522 g/mol. The Morgan fingerprint density at radius 3 is 2.29 bits per heavy atom. The second-order valence-corrected chi connectivity index (χ2v) is 10.3. The van der Waals surface area contributed by atoms with E-state index in [9.17, 15) is 19.5 Å². The number of aliphatic carboxylic acids is 1. The summed E-state index contributed by atoms with van der Waals surface area (Å²) in [6.07, 6.45) is -2.39. The Kier molecular flexibility index (Phi) is 8.46. The van der Waals surface area contributed by atoms with Crippen LogP contribution < -0.4 is 0 Å². The van der Waals surface area contributed by atoms with Gasteiger partial charge in [-0.25, -0.2) is 4.79 Å². The Labute approximate surface area is 214 Å². The number of carboxylic acid groups (broad SMARTS) is 1. The topological polar surface area (TPSA) is 93.1 Å². The van der Waals surface area contributed by atoms with E-state index in [1.54, 1.807) is 76.2 Å². The molecule has 0 spiro atoms. The van der Waals surface area contributed by atoms with Crippen molar-refractivity contribution in [2.75, 3.05) is 0 Å². The number of esters is 1. The molecule has 1 amide bonds. The zero-order chi connectivity index (χ0) is 25.9. The number of carbonyl (C=O) groups is 3. The van der Waals surface area contributed by atoms with Gasteiger partial charge in [-0.05, 0) is 62.6 Å². The van der Waals surface area contributed by atoms with Gasteiger partial charge in [-0.3, -0.25) is 9.59 Å². The summed E-state index contributed by atoms with van der Waals surface area (Å²) in [4.78, 5) is 40.0. The number of carbonyl (C=O) groups excluding carboxylic acids is 2. The largest absolute Gasteiger partial charge is 0.481 e. The van der Waals surface area contributed by atoms with Gasteiger partial charge in [0.05, 0.1) is 12.5 Å². The highest BCUT2D eigenvalue weighted by Gasteiger charge is 2.49. The maximum atomic E-state index is 13.7. The predicted molar refractivity (Wildman–Crippen MR) is 132 cm³/mol. The van der Waals surface area contributed by atoms with Gasteiger partial charge in [0.1, 0.15) is 23.9 Å². The maximum absolute atomic E-state index is 13.7. The summed E-state index contributed by atoms with van der Waals surface area (Å²) < 4.78 is 11.8. The van der Waals surface area contributed by atoms with E-state index in [0.29, 0.717) is 21.2 Å². The van der Waals surface area contributed by atoms with Gasteiger partial charge in [-0.15, -0.1) is 0 Å². The van der Waals surface area contributed by atoms with E-state index in [1.165, 1.54) is 4.90 Å². The predicted octanol–water partition coefficient (Wildman–Crippen LogP) is 5.60. The van der Waals surface area contributed by atoms with Crippen molar-refractivity contribution in [1.29, 1.82) is 0 Å². The van der Waals surface area contributed by atoms with Crippen LogP contribution in [-0.4, -0.2) is 45.6 Å². The number of benzene rings is 2. The average Bonchev–Trinajstić information content (AvgIpc) is 2.75. The van der Waals surface area contributed by atoms with Gasteiger partial charge >= 0.3 is 11.9 Å². The van der Waals surface area contributed by atoms with Crippen molar-refractivity contribution in [3.63, 3.8) is 0 Å². The molecule has 1 unspecified atom stereocenters. The molecule has 2 aromatic rings. The molecule has 1 aliphatic rings. The van der Waals surface area contributed by atoms with E-state index in [0.717, 1.165) is 0 Å². The van der Waals surface area contributed by atoms with Crippen molar-refractivity contribution in [3.8, 4) is 0 Å². The zero-order valence-electron chi connectivity index (χ0n) is 20.0. The molecule has 1 saturated heterocycles. The van der Waals surface area contributed by atoms with Crippen LogP contribution in [0.5, 0.6) is 0 Å². The monoisotopic (exact) mass is 521 g/mol. The molecule has 1 heterocycles. The normalized spacial score (nSPS) is 21.5. The quantitative estimate of drug-likeness (QED) is 0.476. The molecule has 3 rings (SSSR count). The van der Waals surface area contributed by atoms with Crippen molar-refractivity contribution in [2.45, 2.75) is 70.4 Å². The van der Waals surface area contributed by atoms with Gasteiger partial charge in [0.25, 0.3) is 5.91 Å². The number of morpholine rings is 1. The molecule has 0 aromatic heterocycles. The molecule has 0 bridgehead atoms. The van der Waals surface area contributed by atoms with Gasteiger partial charge in [-0.1, -0.05) is 54.4 Å². The number of ether oxygens (including phenoxy) is 2. The van der Waals surface area contributed by atoms with Crippen LogP contribution in [0.25, 0.3) is 0 Å². The Morgan fingerprint density at radius 1 is 1.09 bits per heavy atom. The third kappa shape index (κ3) is 6.54. The van der Waals surface area contributed by atoms with Crippen molar-refractivity contribution >= 4 is 41.0 Å². The molecule has 2 aromatic carbocycles. The highest BCUT2D eigenvalue weighted by atomic mass is 35.5. The first-order chi connectivity index (χ1) is 16.4. The molecule has 1 N–H and O–H groups in total. The van der Waals surface area contributed by atoms with Gasteiger partial charge in [-0.2, -0.15) is 0 Å².